The predicted molar refractivity (Wildman–Crippen MR) is 208 cm³/mol. The number of aliphatic hydroxyl groups excluding tert-OH is 3. The van der Waals surface area contributed by atoms with Crippen LogP contribution in [-0.4, -0.2) is 112 Å². The standard InChI is InChI=1S/C41H66N4O10/c1-5-8-9-10-11-12-14-29-15-17-30(18-16-29)19-22-41(27-46,28-47)44-37(50)32-24-31(54-36-25-33(48)34(26-53-36)55-39(42)52)20-23-45(32)38(51)40(4,21-7-3)43-35(49)13-6-2/h6,15-18,31-34,36,46-48H,2,5,7-14,19-28H2,1,3-4H3,(H2,42,52)(H,43,49)(H,44,50)/t31-,32?,33-,34-,36-,40-/m1/s1. The number of aliphatic hydroxyl groups is 3. The fraction of sp³-hybridized carbons (Fsp3) is 0.707. The molecule has 3 rings (SSSR count). The van der Waals surface area contributed by atoms with Crippen molar-refractivity contribution < 1.29 is 48.7 Å². The second-order valence-corrected chi connectivity index (χ2v) is 15.4. The van der Waals surface area contributed by atoms with Crippen LogP contribution in [-0.2, 0) is 41.4 Å². The summed E-state index contributed by atoms with van der Waals surface area (Å²) in [6.07, 6.45) is 7.24. The summed E-state index contributed by atoms with van der Waals surface area (Å²) < 4.78 is 16.8. The van der Waals surface area contributed by atoms with Crippen molar-refractivity contribution in [3.05, 3.63) is 48.0 Å². The average Bonchev–Trinajstić information content (AvgIpc) is 3.16. The molecule has 0 bridgehead atoms. The van der Waals surface area contributed by atoms with Gasteiger partial charge in [-0.2, -0.15) is 0 Å². The Morgan fingerprint density at radius 1 is 0.964 bits per heavy atom. The van der Waals surface area contributed by atoms with Crippen molar-refractivity contribution in [1.29, 1.82) is 0 Å². The number of benzene rings is 1. The van der Waals surface area contributed by atoms with Crippen LogP contribution in [0.25, 0.3) is 0 Å². The minimum Gasteiger partial charge on any atom is -0.441 e. The minimum absolute atomic E-state index is 0.0162. The van der Waals surface area contributed by atoms with Crippen molar-refractivity contribution in [2.75, 3.05) is 26.4 Å². The number of ether oxygens (including phenoxy) is 3. The van der Waals surface area contributed by atoms with E-state index in [4.69, 9.17) is 19.9 Å². The Morgan fingerprint density at radius 3 is 2.22 bits per heavy atom. The molecule has 2 heterocycles. The van der Waals surface area contributed by atoms with Crippen LogP contribution >= 0.6 is 0 Å². The number of primary amides is 1. The zero-order chi connectivity index (χ0) is 40.4. The van der Waals surface area contributed by atoms with Crippen LogP contribution in [0.4, 0.5) is 4.79 Å². The first-order valence-electron chi connectivity index (χ1n) is 20.1. The number of carbonyl (C=O) groups excluding carboxylic acids is 4. The van der Waals surface area contributed by atoms with Gasteiger partial charge in [-0.3, -0.25) is 14.4 Å². The molecule has 14 nitrogen and oxygen atoms in total. The Hall–Kier alpha value is -3.56. The third kappa shape index (κ3) is 14.2. The number of carbonyl (C=O) groups is 4. The SMILES string of the molecule is C=CCC(=O)N[C@](C)(CCC)C(=O)N1CC[C@@H](O[C@@H]2C[C@@H](O)[C@H](OC(N)=O)CO2)CC1C(=O)NC(CO)(CO)CCc1ccc(CCCCCCCC)cc1. The smallest absolute Gasteiger partial charge is 0.404 e. The van der Waals surface area contributed by atoms with Crippen LogP contribution in [0.3, 0.4) is 0 Å². The molecule has 0 aliphatic carbocycles. The van der Waals surface area contributed by atoms with Crippen LogP contribution in [0.5, 0.6) is 0 Å². The lowest BCUT2D eigenvalue weighted by Gasteiger charge is -2.45. The molecular formula is C41H66N4O10. The van der Waals surface area contributed by atoms with E-state index in [1.54, 1.807) is 6.92 Å². The molecule has 7 N–H and O–H groups in total. The number of nitrogens with two attached hydrogens (primary N) is 1. The topological polar surface area (TPSA) is 210 Å². The van der Waals surface area contributed by atoms with E-state index < -0.39 is 72.8 Å². The lowest BCUT2D eigenvalue weighted by molar-refractivity contribution is -0.238. The van der Waals surface area contributed by atoms with Gasteiger partial charge in [-0.1, -0.05) is 82.7 Å². The molecule has 55 heavy (non-hydrogen) atoms. The summed E-state index contributed by atoms with van der Waals surface area (Å²) in [5, 5.41) is 37.5. The maximum Gasteiger partial charge on any atom is 0.404 e. The molecule has 310 valence electrons. The molecule has 2 fully saturated rings. The van der Waals surface area contributed by atoms with Gasteiger partial charge in [0.25, 0.3) is 0 Å². The largest absolute Gasteiger partial charge is 0.441 e. The normalized spacial score (nSPS) is 22.7. The van der Waals surface area contributed by atoms with Gasteiger partial charge < -0.3 is 50.8 Å². The van der Waals surface area contributed by atoms with Gasteiger partial charge in [-0.05, 0) is 56.6 Å². The molecule has 2 aliphatic rings. The quantitative estimate of drug-likeness (QED) is 0.0704. The number of rotatable bonds is 23. The molecule has 4 amide bonds. The molecule has 0 spiro atoms. The molecule has 14 heteroatoms. The number of unbranched alkanes of at least 4 members (excludes halogenated alkanes) is 5. The minimum atomic E-state index is -1.40. The second-order valence-electron chi connectivity index (χ2n) is 15.4. The Labute approximate surface area is 326 Å². The highest BCUT2D eigenvalue weighted by molar-refractivity contribution is 5.95. The van der Waals surface area contributed by atoms with Gasteiger partial charge in [0.05, 0.1) is 37.6 Å². The van der Waals surface area contributed by atoms with Gasteiger partial charge in [0.2, 0.25) is 17.7 Å². The lowest BCUT2D eigenvalue weighted by atomic mass is 9.88. The molecule has 6 atom stereocenters. The zero-order valence-corrected chi connectivity index (χ0v) is 33.1. The Kier molecular flexibility index (Phi) is 19.0. The molecule has 2 aliphatic heterocycles. The summed E-state index contributed by atoms with van der Waals surface area (Å²) in [5.41, 5.74) is 4.64. The van der Waals surface area contributed by atoms with Gasteiger partial charge in [-0.25, -0.2) is 4.79 Å². The summed E-state index contributed by atoms with van der Waals surface area (Å²) in [6, 6.07) is 7.19. The van der Waals surface area contributed by atoms with Gasteiger partial charge in [0.1, 0.15) is 11.6 Å². The van der Waals surface area contributed by atoms with Crippen LogP contribution in [0, 0.1) is 0 Å². The maximum atomic E-state index is 14.4. The fourth-order valence-corrected chi connectivity index (χ4v) is 7.44. The molecule has 0 radical (unpaired) electrons. The van der Waals surface area contributed by atoms with Crippen molar-refractivity contribution >= 4 is 23.8 Å². The summed E-state index contributed by atoms with van der Waals surface area (Å²) >= 11 is 0. The first-order valence-corrected chi connectivity index (χ1v) is 20.1. The first kappa shape index (κ1) is 45.8. The number of nitrogens with one attached hydrogen (secondary N) is 2. The molecule has 0 aromatic heterocycles. The Balaban J connectivity index is 1.77. The highest BCUT2D eigenvalue weighted by atomic mass is 16.7. The number of amides is 4. The van der Waals surface area contributed by atoms with Crippen LogP contribution < -0.4 is 16.4 Å². The van der Waals surface area contributed by atoms with Crippen molar-refractivity contribution in [2.24, 2.45) is 5.73 Å². The lowest BCUT2D eigenvalue weighted by Crippen LogP contribution is -2.66. The molecule has 1 unspecified atom stereocenters. The first-order chi connectivity index (χ1) is 26.3. The van der Waals surface area contributed by atoms with Crippen molar-refractivity contribution in [3.8, 4) is 0 Å². The monoisotopic (exact) mass is 774 g/mol. The summed E-state index contributed by atoms with van der Waals surface area (Å²) in [5.74, 6) is -1.41. The van der Waals surface area contributed by atoms with Crippen LogP contribution in [0.2, 0.25) is 0 Å². The van der Waals surface area contributed by atoms with Crippen molar-refractivity contribution in [3.63, 3.8) is 0 Å². The van der Waals surface area contributed by atoms with Crippen LogP contribution in [0.15, 0.2) is 36.9 Å². The summed E-state index contributed by atoms with van der Waals surface area (Å²) in [6.45, 7) is 8.23. The highest BCUT2D eigenvalue weighted by Gasteiger charge is 2.46. The maximum absolute atomic E-state index is 14.4. The van der Waals surface area contributed by atoms with E-state index in [1.165, 1.54) is 48.6 Å². The van der Waals surface area contributed by atoms with E-state index in [-0.39, 0.29) is 44.7 Å². The van der Waals surface area contributed by atoms with E-state index >= 15 is 0 Å². The molecule has 1 aromatic rings. The third-order valence-electron chi connectivity index (χ3n) is 10.7. The number of hydrogen-bond donors (Lipinski definition) is 6. The molecular weight excluding hydrogens is 708 g/mol. The van der Waals surface area contributed by atoms with Gasteiger partial charge in [0, 0.05) is 25.8 Å². The summed E-state index contributed by atoms with van der Waals surface area (Å²) in [4.78, 5) is 54.0. The second kappa shape index (κ2) is 22.9. The van der Waals surface area contributed by atoms with Crippen molar-refractivity contribution in [2.45, 2.75) is 159 Å². The zero-order valence-electron chi connectivity index (χ0n) is 33.1. The van der Waals surface area contributed by atoms with Crippen molar-refractivity contribution in [1.82, 2.24) is 15.5 Å². The van der Waals surface area contributed by atoms with Gasteiger partial charge in [-0.15, -0.1) is 6.58 Å². The Morgan fingerprint density at radius 2 is 1.62 bits per heavy atom. The van der Waals surface area contributed by atoms with E-state index in [9.17, 15) is 34.5 Å². The van der Waals surface area contributed by atoms with Gasteiger partial charge >= 0.3 is 6.09 Å². The highest BCUT2D eigenvalue weighted by Crippen LogP contribution is 2.29. The molecule has 2 saturated heterocycles. The number of likely N-dealkylation sites (tertiary alicyclic amines) is 1. The van der Waals surface area contributed by atoms with Crippen LogP contribution in [0.1, 0.15) is 115 Å². The summed E-state index contributed by atoms with van der Waals surface area (Å²) in [7, 11) is 0. The number of piperidine rings is 1. The average molecular weight is 775 g/mol. The predicted octanol–water partition coefficient (Wildman–Crippen LogP) is 3.56. The van der Waals surface area contributed by atoms with E-state index in [0.717, 1.165) is 18.4 Å². The van der Waals surface area contributed by atoms with Gasteiger partial charge in [0.15, 0.2) is 12.4 Å². The third-order valence-corrected chi connectivity index (χ3v) is 10.7. The number of aryl methyl sites for hydroxylation is 2. The Bertz CT molecular complexity index is 1370. The van der Waals surface area contributed by atoms with E-state index in [1.807, 2.05) is 19.1 Å². The molecule has 1 aromatic carbocycles. The van der Waals surface area contributed by atoms with E-state index in [2.05, 4.69) is 36.3 Å². The molecule has 0 saturated carbocycles. The fourth-order valence-electron chi connectivity index (χ4n) is 7.44. The number of nitrogens with zero attached hydrogens (tertiary/aromatic N) is 1. The number of hydrogen-bond acceptors (Lipinski definition) is 10. The van der Waals surface area contributed by atoms with E-state index in [0.29, 0.717) is 25.7 Å².